The zero-order valence-electron chi connectivity index (χ0n) is 10.2. The van der Waals surface area contributed by atoms with Crippen LogP contribution >= 0.6 is 0 Å². The third-order valence-corrected chi connectivity index (χ3v) is 2.92. The monoisotopic (exact) mass is 226 g/mol. The van der Waals surface area contributed by atoms with Crippen LogP contribution in [-0.2, 0) is 0 Å². The van der Waals surface area contributed by atoms with Crippen LogP contribution < -0.4 is 0 Å². The van der Waals surface area contributed by atoms with E-state index in [-0.39, 0.29) is 0 Å². The molecule has 3 heteroatoms. The lowest BCUT2D eigenvalue weighted by molar-refractivity contribution is 0.111. The maximum absolute atomic E-state index is 10.5. The van der Waals surface area contributed by atoms with Crippen LogP contribution in [0, 0.1) is 20.8 Å². The Kier molecular flexibility index (Phi) is 3.00. The number of benzene rings is 1. The van der Waals surface area contributed by atoms with Crippen molar-refractivity contribution in [3.63, 3.8) is 0 Å². The molecular weight excluding hydrogens is 212 g/mol. The summed E-state index contributed by atoms with van der Waals surface area (Å²) in [5, 5.41) is 7.92. The van der Waals surface area contributed by atoms with Crippen LogP contribution in [0.5, 0.6) is 0 Å². The number of carbonyl (C=O) groups is 1. The molecule has 0 aliphatic carbocycles. The summed E-state index contributed by atoms with van der Waals surface area (Å²) in [6, 6.07) is 7.76. The maximum Gasteiger partial charge on any atom is 0.170 e. The Bertz CT molecular complexity index is 559. The molecule has 0 saturated carbocycles. The molecule has 0 bridgehead atoms. The molecule has 1 heterocycles. The fourth-order valence-electron chi connectivity index (χ4n) is 1.79. The average Bonchev–Trinajstić information content (AvgIpc) is 2.34. The minimum atomic E-state index is 0.357. The van der Waals surface area contributed by atoms with Gasteiger partial charge in [-0.25, -0.2) is 0 Å². The third-order valence-electron chi connectivity index (χ3n) is 2.92. The van der Waals surface area contributed by atoms with E-state index in [1.165, 1.54) is 16.7 Å². The van der Waals surface area contributed by atoms with Crippen LogP contribution in [0.25, 0.3) is 11.3 Å². The number of rotatable bonds is 2. The normalized spacial score (nSPS) is 10.3. The predicted octanol–water partition coefficient (Wildman–Crippen LogP) is 2.88. The number of aromatic nitrogens is 2. The summed E-state index contributed by atoms with van der Waals surface area (Å²) < 4.78 is 0. The summed E-state index contributed by atoms with van der Waals surface area (Å²) in [7, 11) is 0. The summed E-state index contributed by atoms with van der Waals surface area (Å²) in [6.07, 6.45) is 0.698. The molecule has 3 nitrogen and oxygen atoms in total. The molecule has 17 heavy (non-hydrogen) atoms. The van der Waals surface area contributed by atoms with Crippen molar-refractivity contribution in [3.8, 4) is 11.3 Å². The summed E-state index contributed by atoms with van der Waals surface area (Å²) in [5.41, 5.74) is 5.89. The first-order valence-corrected chi connectivity index (χ1v) is 5.49. The molecule has 0 aliphatic rings. The Balaban J connectivity index is 2.52. The summed E-state index contributed by atoms with van der Waals surface area (Å²) in [6.45, 7) is 6.22. The first-order chi connectivity index (χ1) is 8.11. The Hall–Kier alpha value is -2.03. The molecule has 0 spiro atoms. The lowest BCUT2D eigenvalue weighted by atomic mass is 9.98. The highest BCUT2D eigenvalue weighted by atomic mass is 16.1. The Morgan fingerprint density at radius 2 is 1.65 bits per heavy atom. The van der Waals surface area contributed by atoms with Gasteiger partial charge in [0.25, 0.3) is 0 Å². The largest absolute Gasteiger partial charge is 0.296 e. The predicted molar refractivity (Wildman–Crippen MR) is 67.1 cm³/mol. The zero-order chi connectivity index (χ0) is 12.4. The van der Waals surface area contributed by atoms with E-state index in [0.29, 0.717) is 12.0 Å². The molecule has 0 atom stereocenters. The Labute approximate surface area is 101 Å². The van der Waals surface area contributed by atoms with Gasteiger partial charge in [-0.3, -0.25) is 4.79 Å². The fourth-order valence-corrected chi connectivity index (χ4v) is 1.79. The highest BCUT2D eigenvalue weighted by Crippen LogP contribution is 2.24. The van der Waals surface area contributed by atoms with Crippen molar-refractivity contribution in [2.75, 3.05) is 0 Å². The molecule has 1 aromatic heterocycles. The van der Waals surface area contributed by atoms with Gasteiger partial charge in [0, 0.05) is 5.56 Å². The van der Waals surface area contributed by atoms with Gasteiger partial charge in [0.15, 0.2) is 6.29 Å². The smallest absolute Gasteiger partial charge is 0.170 e. The second kappa shape index (κ2) is 4.45. The molecule has 0 fully saturated rings. The van der Waals surface area contributed by atoms with Crippen molar-refractivity contribution in [2.45, 2.75) is 20.8 Å². The van der Waals surface area contributed by atoms with E-state index in [0.717, 1.165) is 11.3 Å². The van der Waals surface area contributed by atoms with Gasteiger partial charge < -0.3 is 0 Å². The van der Waals surface area contributed by atoms with Crippen LogP contribution in [0.3, 0.4) is 0 Å². The van der Waals surface area contributed by atoms with Crippen molar-refractivity contribution in [1.29, 1.82) is 0 Å². The van der Waals surface area contributed by atoms with Crippen LogP contribution in [0.15, 0.2) is 24.3 Å². The molecule has 0 unspecified atom stereocenters. The molecule has 0 amide bonds. The van der Waals surface area contributed by atoms with Crippen molar-refractivity contribution in [3.05, 3.63) is 46.6 Å². The lowest BCUT2D eigenvalue weighted by Crippen LogP contribution is -1.95. The minimum Gasteiger partial charge on any atom is -0.296 e. The average molecular weight is 226 g/mol. The van der Waals surface area contributed by atoms with Gasteiger partial charge >= 0.3 is 0 Å². The number of carbonyl (C=O) groups excluding carboxylic acids is 1. The van der Waals surface area contributed by atoms with E-state index >= 15 is 0 Å². The van der Waals surface area contributed by atoms with Gasteiger partial charge in [0.1, 0.15) is 5.69 Å². The second-order valence-electron chi connectivity index (χ2n) is 4.21. The number of aldehydes is 1. The topological polar surface area (TPSA) is 42.9 Å². The SMILES string of the molecule is Cc1cc(C)c(-c2ccc(C=O)nn2)cc1C. The second-order valence-corrected chi connectivity index (χ2v) is 4.21. The number of hydrogen-bond acceptors (Lipinski definition) is 3. The van der Waals surface area contributed by atoms with Crippen molar-refractivity contribution < 1.29 is 4.79 Å². The van der Waals surface area contributed by atoms with Crippen molar-refractivity contribution in [2.24, 2.45) is 0 Å². The van der Waals surface area contributed by atoms with Gasteiger partial charge in [0.05, 0.1) is 5.69 Å². The number of hydrogen-bond donors (Lipinski definition) is 0. The number of aryl methyl sites for hydroxylation is 3. The van der Waals surface area contributed by atoms with Gasteiger partial charge in [-0.15, -0.1) is 10.2 Å². The fraction of sp³-hybridized carbons (Fsp3) is 0.214. The van der Waals surface area contributed by atoms with Gasteiger partial charge in [0.2, 0.25) is 0 Å². The highest BCUT2D eigenvalue weighted by Gasteiger charge is 2.06. The van der Waals surface area contributed by atoms with Crippen LogP contribution in [-0.4, -0.2) is 16.5 Å². The maximum atomic E-state index is 10.5. The molecule has 0 aliphatic heterocycles. The van der Waals surface area contributed by atoms with E-state index < -0.39 is 0 Å². The van der Waals surface area contributed by atoms with E-state index in [1.54, 1.807) is 6.07 Å². The lowest BCUT2D eigenvalue weighted by Gasteiger charge is -2.08. The standard InChI is InChI=1S/C14H14N2O/c1-9-6-11(3)13(7-10(9)2)14-5-4-12(8-17)15-16-14/h4-8H,1-3H3. The van der Waals surface area contributed by atoms with Crippen LogP contribution in [0.1, 0.15) is 27.2 Å². The minimum absolute atomic E-state index is 0.357. The molecule has 2 aromatic rings. The van der Waals surface area contributed by atoms with Gasteiger partial charge in [-0.2, -0.15) is 0 Å². The highest BCUT2D eigenvalue weighted by molar-refractivity contribution is 5.73. The van der Waals surface area contributed by atoms with Crippen LogP contribution in [0.2, 0.25) is 0 Å². The summed E-state index contributed by atoms with van der Waals surface area (Å²) in [5.74, 6) is 0. The van der Waals surface area contributed by atoms with Crippen LogP contribution in [0.4, 0.5) is 0 Å². The molecule has 86 valence electrons. The van der Waals surface area contributed by atoms with E-state index in [1.807, 2.05) is 6.07 Å². The first kappa shape index (κ1) is 11.5. The molecule has 0 saturated heterocycles. The summed E-state index contributed by atoms with van der Waals surface area (Å²) >= 11 is 0. The first-order valence-electron chi connectivity index (χ1n) is 5.49. The Morgan fingerprint density at radius 1 is 0.941 bits per heavy atom. The molecule has 2 rings (SSSR count). The summed E-state index contributed by atoms with van der Waals surface area (Å²) in [4.78, 5) is 10.5. The van der Waals surface area contributed by atoms with E-state index in [2.05, 4.69) is 43.1 Å². The molecule has 0 N–H and O–H groups in total. The van der Waals surface area contributed by atoms with Gasteiger partial charge in [-0.05, 0) is 55.7 Å². The van der Waals surface area contributed by atoms with E-state index in [9.17, 15) is 4.79 Å². The van der Waals surface area contributed by atoms with E-state index in [4.69, 9.17) is 0 Å². The van der Waals surface area contributed by atoms with Crippen molar-refractivity contribution in [1.82, 2.24) is 10.2 Å². The molecule has 1 aromatic carbocycles. The zero-order valence-corrected chi connectivity index (χ0v) is 10.2. The molecule has 0 radical (unpaired) electrons. The Morgan fingerprint density at radius 3 is 2.24 bits per heavy atom. The molecular formula is C14H14N2O. The van der Waals surface area contributed by atoms with Gasteiger partial charge in [-0.1, -0.05) is 6.07 Å². The number of nitrogens with zero attached hydrogens (tertiary/aromatic N) is 2. The third kappa shape index (κ3) is 2.23. The quantitative estimate of drug-likeness (QED) is 0.739. The van der Waals surface area contributed by atoms with Crippen molar-refractivity contribution >= 4 is 6.29 Å².